The van der Waals surface area contributed by atoms with Crippen molar-refractivity contribution in [1.29, 1.82) is 0 Å². The molecule has 2 rings (SSSR count). The van der Waals surface area contributed by atoms with Gasteiger partial charge in [-0.05, 0) is 42.7 Å². The molecule has 21 heavy (non-hydrogen) atoms. The molecule has 0 saturated heterocycles. The Bertz CT molecular complexity index is 664. The molecule has 6 heteroatoms. The van der Waals surface area contributed by atoms with Crippen LogP contribution in [0.4, 0.5) is 13.2 Å². The molecule has 2 aromatic rings. The van der Waals surface area contributed by atoms with Gasteiger partial charge in [-0.2, -0.15) is 17.5 Å². The summed E-state index contributed by atoms with van der Waals surface area (Å²) < 4.78 is 41.4. The molecular formula is C15H12F3NOS. The minimum absolute atomic E-state index is 0.151. The molecule has 0 aliphatic rings. The van der Waals surface area contributed by atoms with Gasteiger partial charge < -0.3 is 0 Å². The first-order chi connectivity index (χ1) is 9.88. The molecular weight excluding hydrogens is 299 g/mol. The highest BCUT2D eigenvalue weighted by molar-refractivity contribution is 7.87. The van der Waals surface area contributed by atoms with Crippen LogP contribution in [0.2, 0.25) is 0 Å². The van der Waals surface area contributed by atoms with Crippen molar-refractivity contribution in [3.8, 4) is 0 Å². The molecule has 0 N–H and O–H groups in total. The van der Waals surface area contributed by atoms with E-state index in [9.17, 15) is 18.0 Å². The zero-order chi connectivity index (χ0) is 15.5. The van der Waals surface area contributed by atoms with Crippen LogP contribution in [0.3, 0.4) is 0 Å². The summed E-state index contributed by atoms with van der Waals surface area (Å²) in [5, 5.41) is 0. The quantitative estimate of drug-likeness (QED) is 0.811. The van der Waals surface area contributed by atoms with E-state index in [-0.39, 0.29) is 5.56 Å². The topological polar surface area (TPSA) is 29.4 Å². The van der Waals surface area contributed by atoms with Crippen LogP contribution >= 0.6 is 0 Å². The number of alkyl halides is 3. The Morgan fingerprint density at radius 1 is 1.00 bits per heavy atom. The van der Waals surface area contributed by atoms with Crippen LogP contribution in [0.15, 0.2) is 63.9 Å². The summed E-state index contributed by atoms with van der Waals surface area (Å²) >= 11 is 0. The van der Waals surface area contributed by atoms with Crippen molar-refractivity contribution in [3.63, 3.8) is 0 Å². The van der Waals surface area contributed by atoms with E-state index in [2.05, 4.69) is 4.36 Å². The Morgan fingerprint density at radius 3 is 2.10 bits per heavy atom. The summed E-state index contributed by atoms with van der Waals surface area (Å²) in [5.74, 6) is -0.515. The zero-order valence-corrected chi connectivity index (χ0v) is 11.9. The molecule has 0 fully saturated rings. The Kier molecular flexibility index (Phi) is 4.57. The Hall–Kier alpha value is -1.95. The maximum atomic E-state index is 12.4. The minimum atomic E-state index is -4.40. The van der Waals surface area contributed by atoms with Crippen molar-refractivity contribution >= 4 is 16.6 Å². The molecule has 1 unspecified atom stereocenters. The first kappa shape index (κ1) is 15.4. The van der Waals surface area contributed by atoms with Gasteiger partial charge >= 0.3 is 6.18 Å². The normalized spacial score (nSPS) is 13.1. The van der Waals surface area contributed by atoms with Crippen molar-refractivity contribution in [2.45, 2.75) is 11.1 Å². The lowest BCUT2D eigenvalue weighted by atomic mass is 10.1. The third-order valence-electron chi connectivity index (χ3n) is 2.76. The predicted molar refractivity (Wildman–Crippen MR) is 76.2 cm³/mol. The Balaban J connectivity index is 2.21. The fourth-order valence-corrected chi connectivity index (χ4v) is 2.66. The molecule has 0 radical (unpaired) electrons. The molecule has 1 atom stereocenters. The first-order valence-corrected chi connectivity index (χ1v) is 7.61. The summed E-state index contributed by atoms with van der Waals surface area (Å²) in [5.41, 5.74) is -0.629. The molecule has 1 amide bonds. The van der Waals surface area contributed by atoms with E-state index in [1.807, 2.05) is 30.3 Å². The average Bonchev–Trinajstić information content (AvgIpc) is 2.47. The molecule has 110 valence electrons. The molecule has 2 nitrogen and oxygen atoms in total. The monoisotopic (exact) mass is 311 g/mol. The van der Waals surface area contributed by atoms with E-state index in [1.54, 1.807) is 6.26 Å². The smallest absolute Gasteiger partial charge is 0.266 e. The van der Waals surface area contributed by atoms with Crippen molar-refractivity contribution in [2.24, 2.45) is 4.36 Å². The van der Waals surface area contributed by atoms with E-state index in [0.717, 1.165) is 29.2 Å². The maximum absolute atomic E-state index is 12.4. The van der Waals surface area contributed by atoms with Gasteiger partial charge in [-0.15, -0.1) is 0 Å². The highest BCUT2D eigenvalue weighted by Crippen LogP contribution is 2.29. The van der Waals surface area contributed by atoms with Gasteiger partial charge in [0.2, 0.25) is 0 Å². The second-order valence-electron chi connectivity index (χ2n) is 4.26. The van der Waals surface area contributed by atoms with Crippen molar-refractivity contribution < 1.29 is 18.0 Å². The van der Waals surface area contributed by atoms with Gasteiger partial charge in [-0.3, -0.25) is 4.79 Å². The number of halogens is 3. The third kappa shape index (κ3) is 4.01. The zero-order valence-electron chi connectivity index (χ0n) is 11.1. The molecule has 2 aromatic carbocycles. The van der Waals surface area contributed by atoms with Crippen LogP contribution in [-0.2, 0) is 16.9 Å². The number of rotatable bonds is 2. The summed E-state index contributed by atoms with van der Waals surface area (Å²) in [6.07, 6.45) is -2.62. The second-order valence-corrected chi connectivity index (χ2v) is 5.87. The highest BCUT2D eigenvalue weighted by Gasteiger charge is 2.30. The fraction of sp³-hybridized carbons (Fsp3) is 0.133. The van der Waals surface area contributed by atoms with Crippen LogP contribution in [0.25, 0.3) is 0 Å². The van der Waals surface area contributed by atoms with E-state index < -0.39 is 28.3 Å². The Morgan fingerprint density at radius 2 is 1.57 bits per heavy atom. The van der Waals surface area contributed by atoms with Crippen LogP contribution < -0.4 is 0 Å². The van der Waals surface area contributed by atoms with Crippen LogP contribution in [0, 0.1) is 0 Å². The molecule has 0 spiro atoms. The molecule has 0 heterocycles. The van der Waals surface area contributed by atoms with Crippen LogP contribution in [-0.4, -0.2) is 12.2 Å². The van der Waals surface area contributed by atoms with E-state index >= 15 is 0 Å². The summed E-state index contributed by atoms with van der Waals surface area (Å²) in [4.78, 5) is 12.8. The summed E-state index contributed by atoms with van der Waals surface area (Å²) in [6, 6.07) is 13.3. The fourth-order valence-electron chi connectivity index (χ4n) is 1.65. The van der Waals surface area contributed by atoms with E-state index in [4.69, 9.17) is 0 Å². The van der Waals surface area contributed by atoms with Crippen LogP contribution in [0.1, 0.15) is 15.9 Å². The first-order valence-electron chi connectivity index (χ1n) is 6.02. The van der Waals surface area contributed by atoms with Crippen molar-refractivity contribution in [1.82, 2.24) is 0 Å². The van der Waals surface area contributed by atoms with Gasteiger partial charge in [0.25, 0.3) is 5.91 Å². The molecule has 0 aromatic heterocycles. The Labute approximate surface area is 122 Å². The maximum Gasteiger partial charge on any atom is 0.416 e. The number of benzene rings is 2. The minimum Gasteiger partial charge on any atom is -0.266 e. The largest absolute Gasteiger partial charge is 0.416 e. The van der Waals surface area contributed by atoms with Gasteiger partial charge in [0.15, 0.2) is 0 Å². The lowest BCUT2D eigenvalue weighted by Crippen LogP contribution is -2.05. The lowest BCUT2D eigenvalue weighted by molar-refractivity contribution is -0.137. The lowest BCUT2D eigenvalue weighted by Gasteiger charge is -2.06. The van der Waals surface area contributed by atoms with Gasteiger partial charge in [0.05, 0.1) is 5.56 Å². The van der Waals surface area contributed by atoms with Crippen molar-refractivity contribution in [2.75, 3.05) is 6.26 Å². The summed E-state index contributed by atoms with van der Waals surface area (Å²) in [6.45, 7) is 0. The number of hydrogen-bond donors (Lipinski definition) is 0. The number of carbonyl (C=O) groups excluding carboxylic acids is 1. The number of amides is 1. The van der Waals surface area contributed by atoms with Gasteiger partial charge in [-0.1, -0.05) is 28.9 Å². The van der Waals surface area contributed by atoms with Gasteiger partial charge in [-0.25, -0.2) is 0 Å². The number of hydrogen-bond acceptors (Lipinski definition) is 1. The average molecular weight is 311 g/mol. The highest BCUT2D eigenvalue weighted by atomic mass is 32.2. The predicted octanol–water partition coefficient (Wildman–Crippen LogP) is 4.34. The number of nitrogens with zero attached hydrogens (tertiary/aromatic N) is 1. The second kappa shape index (κ2) is 6.22. The van der Waals surface area contributed by atoms with Gasteiger partial charge in [0, 0.05) is 10.5 Å². The van der Waals surface area contributed by atoms with E-state index in [1.165, 1.54) is 0 Å². The molecule has 0 saturated carbocycles. The molecule has 0 aliphatic heterocycles. The number of carbonyl (C=O) groups is 1. The third-order valence-corrected chi connectivity index (χ3v) is 4.16. The SMILES string of the molecule is CS(=NC(=O)c1ccc(C(F)(F)F)cc1)c1ccccc1. The molecule has 0 bridgehead atoms. The van der Waals surface area contributed by atoms with Crippen molar-refractivity contribution in [3.05, 3.63) is 65.7 Å². The standard InChI is InChI=1S/C15H12F3NOS/c1-21(13-5-3-2-4-6-13)19-14(20)11-7-9-12(10-8-11)15(16,17)18/h2-10H,1H3. The van der Waals surface area contributed by atoms with Crippen LogP contribution in [0.5, 0.6) is 0 Å². The molecule has 0 aliphatic carbocycles. The van der Waals surface area contributed by atoms with E-state index in [0.29, 0.717) is 0 Å². The summed E-state index contributed by atoms with van der Waals surface area (Å²) in [7, 11) is -0.633. The van der Waals surface area contributed by atoms with Gasteiger partial charge in [0.1, 0.15) is 0 Å².